The van der Waals surface area contributed by atoms with E-state index in [4.69, 9.17) is 9.84 Å². The molecule has 36 heavy (non-hydrogen) atoms. The number of benzene rings is 1. The second-order valence-corrected chi connectivity index (χ2v) is 9.61. The van der Waals surface area contributed by atoms with Gasteiger partial charge in [-0.2, -0.15) is 0 Å². The summed E-state index contributed by atoms with van der Waals surface area (Å²) >= 11 is 0. The third-order valence-corrected chi connectivity index (χ3v) is 6.97. The Balaban J connectivity index is 1.47. The zero-order valence-corrected chi connectivity index (χ0v) is 20.5. The normalized spacial score (nSPS) is 19.6. The van der Waals surface area contributed by atoms with Gasteiger partial charge in [-0.1, -0.05) is 13.0 Å². The number of hydrogen-bond acceptors (Lipinski definition) is 7. The molecule has 2 fully saturated rings. The number of amides is 2. The number of carbonyl (C=O) groups excluding carboxylic acids is 2. The number of carbonyl (C=O) groups is 2. The molecule has 2 aliphatic rings. The van der Waals surface area contributed by atoms with Crippen LogP contribution in [-0.2, 0) is 11.2 Å². The number of fused-ring (bicyclic) bond motifs is 1. The van der Waals surface area contributed by atoms with E-state index in [9.17, 15) is 14.7 Å². The van der Waals surface area contributed by atoms with Crippen LogP contribution in [0.2, 0.25) is 0 Å². The summed E-state index contributed by atoms with van der Waals surface area (Å²) in [7, 11) is 0. The van der Waals surface area contributed by atoms with E-state index in [1.54, 1.807) is 6.92 Å². The smallest absolute Gasteiger partial charge is 0.255 e. The fourth-order valence-corrected chi connectivity index (χ4v) is 4.68. The molecule has 190 valence electrons. The highest BCUT2D eigenvalue weighted by Crippen LogP contribution is 2.37. The molecule has 3 aromatic rings. The molecule has 2 amide bonds. The minimum absolute atomic E-state index is 0.0565. The number of rotatable bonds is 8. The molecule has 2 aromatic heterocycles. The fourth-order valence-electron chi connectivity index (χ4n) is 4.68. The van der Waals surface area contributed by atoms with Crippen molar-refractivity contribution in [2.45, 2.75) is 45.3 Å². The SMILES string of the molecule is CCc1ccc(OCC2CC2)c(-c2ncnc3c(C(=O)NC4CN(C(=O)CO)CC4O)c(C)[nH]c23)c1. The van der Waals surface area contributed by atoms with E-state index in [0.717, 1.165) is 23.3 Å². The van der Waals surface area contributed by atoms with Crippen LogP contribution >= 0.6 is 0 Å². The van der Waals surface area contributed by atoms with E-state index < -0.39 is 30.6 Å². The van der Waals surface area contributed by atoms with Gasteiger partial charge in [0.2, 0.25) is 5.91 Å². The van der Waals surface area contributed by atoms with Crippen molar-refractivity contribution in [3.8, 4) is 17.0 Å². The minimum atomic E-state index is -0.928. The summed E-state index contributed by atoms with van der Waals surface area (Å²) in [5, 5.41) is 22.3. The molecular formula is C26H31N5O5. The second kappa shape index (κ2) is 9.87. The van der Waals surface area contributed by atoms with E-state index >= 15 is 0 Å². The van der Waals surface area contributed by atoms with Crippen LogP contribution in [0.5, 0.6) is 5.75 Å². The highest BCUT2D eigenvalue weighted by atomic mass is 16.5. The number of aromatic nitrogens is 3. The molecule has 1 aliphatic heterocycles. The van der Waals surface area contributed by atoms with E-state index in [1.807, 2.05) is 6.07 Å². The Morgan fingerprint density at radius 2 is 2.06 bits per heavy atom. The lowest BCUT2D eigenvalue weighted by atomic mass is 10.0. The average molecular weight is 494 g/mol. The molecule has 10 heteroatoms. The first kappa shape index (κ1) is 24.2. The molecular weight excluding hydrogens is 462 g/mol. The number of H-pyrrole nitrogens is 1. The summed E-state index contributed by atoms with van der Waals surface area (Å²) in [5.74, 6) is 0.463. The maximum atomic E-state index is 13.3. The maximum Gasteiger partial charge on any atom is 0.255 e. The lowest BCUT2D eigenvalue weighted by Gasteiger charge is -2.16. The van der Waals surface area contributed by atoms with Gasteiger partial charge in [-0.25, -0.2) is 9.97 Å². The van der Waals surface area contributed by atoms with Crippen LogP contribution in [0.1, 0.15) is 41.4 Å². The third-order valence-electron chi connectivity index (χ3n) is 6.97. The first-order valence-corrected chi connectivity index (χ1v) is 12.4. The topological polar surface area (TPSA) is 141 Å². The molecule has 1 aromatic carbocycles. The van der Waals surface area contributed by atoms with Crippen molar-refractivity contribution in [1.82, 2.24) is 25.2 Å². The Morgan fingerprint density at radius 1 is 1.25 bits per heavy atom. The van der Waals surface area contributed by atoms with Gasteiger partial charge in [-0.3, -0.25) is 9.59 Å². The number of aromatic amines is 1. The van der Waals surface area contributed by atoms with Crippen molar-refractivity contribution in [1.29, 1.82) is 0 Å². The molecule has 1 aliphatic carbocycles. The molecule has 3 heterocycles. The van der Waals surface area contributed by atoms with Gasteiger partial charge in [0.1, 0.15) is 29.9 Å². The molecule has 0 radical (unpaired) electrons. The van der Waals surface area contributed by atoms with Gasteiger partial charge >= 0.3 is 0 Å². The number of likely N-dealkylation sites (tertiary alicyclic amines) is 1. The number of aliphatic hydroxyl groups excluding tert-OH is 2. The van der Waals surface area contributed by atoms with Crippen molar-refractivity contribution in [3.63, 3.8) is 0 Å². The lowest BCUT2D eigenvalue weighted by Crippen LogP contribution is -2.43. The Kier molecular flexibility index (Phi) is 6.63. The highest BCUT2D eigenvalue weighted by molar-refractivity contribution is 6.09. The van der Waals surface area contributed by atoms with Gasteiger partial charge in [-0.05, 0) is 49.8 Å². The van der Waals surface area contributed by atoms with Gasteiger partial charge in [0, 0.05) is 24.3 Å². The number of nitrogens with one attached hydrogen (secondary N) is 2. The van der Waals surface area contributed by atoms with Crippen LogP contribution in [0.4, 0.5) is 0 Å². The number of hydrogen-bond donors (Lipinski definition) is 4. The standard InChI is InChI=1S/C26H31N5O5/c1-3-15-6-7-20(36-12-16-4-5-16)17(8-15)23-25-24(28-13-27-23)22(14(2)29-25)26(35)30-18-9-31(10-19(18)33)21(34)11-32/h6-8,13,16,18-19,29,32-33H,3-5,9-12H2,1-2H3,(H,30,35). The van der Waals surface area contributed by atoms with Crippen molar-refractivity contribution in [2.24, 2.45) is 5.92 Å². The van der Waals surface area contributed by atoms with Gasteiger partial charge in [0.05, 0.1) is 29.8 Å². The quantitative estimate of drug-likeness (QED) is 0.373. The predicted octanol–water partition coefficient (Wildman–Crippen LogP) is 1.58. The van der Waals surface area contributed by atoms with Crippen molar-refractivity contribution < 1.29 is 24.5 Å². The maximum absolute atomic E-state index is 13.3. The monoisotopic (exact) mass is 493 g/mol. The Hall–Kier alpha value is -3.50. The van der Waals surface area contributed by atoms with Gasteiger partial charge in [0.15, 0.2) is 0 Å². The number of nitrogens with zero attached hydrogens (tertiary/aromatic N) is 3. The number of aryl methyl sites for hydroxylation is 2. The third kappa shape index (κ3) is 4.66. The fraction of sp³-hybridized carbons (Fsp3) is 0.462. The Bertz CT molecular complexity index is 1300. The summed E-state index contributed by atoms with van der Waals surface area (Å²) < 4.78 is 6.16. The largest absolute Gasteiger partial charge is 0.493 e. The van der Waals surface area contributed by atoms with Crippen LogP contribution in [0, 0.1) is 12.8 Å². The highest BCUT2D eigenvalue weighted by Gasteiger charge is 2.35. The van der Waals surface area contributed by atoms with Crippen LogP contribution in [0.15, 0.2) is 24.5 Å². The average Bonchev–Trinajstić information content (AvgIpc) is 3.55. The second-order valence-electron chi connectivity index (χ2n) is 9.61. The molecule has 1 saturated carbocycles. The van der Waals surface area contributed by atoms with E-state index in [1.165, 1.54) is 24.1 Å². The van der Waals surface area contributed by atoms with Crippen LogP contribution in [0.25, 0.3) is 22.3 Å². The van der Waals surface area contributed by atoms with Gasteiger partial charge in [-0.15, -0.1) is 0 Å². The summed E-state index contributed by atoms with van der Waals surface area (Å²) in [6.07, 6.45) is 3.76. The molecule has 0 bridgehead atoms. The van der Waals surface area contributed by atoms with Gasteiger partial charge in [0.25, 0.3) is 5.91 Å². The summed E-state index contributed by atoms with van der Waals surface area (Å²) in [5.41, 5.74) is 4.74. The molecule has 1 saturated heterocycles. The van der Waals surface area contributed by atoms with E-state index in [2.05, 4.69) is 39.3 Å². The van der Waals surface area contributed by atoms with Crippen LogP contribution < -0.4 is 10.1 Å². The molecule has 2 atom stereocenters. The van der Waals surface area contributed by atoms with Crippen molar-refractivity contribution >= 4 is 22.8 Å². The first-order valence-electron chi connectivity index (χ1n) is 12.4. The van der Waals surface area contributed by atoms with Crippen molar-refractivity contribution in [2.75, 3.05) is 26.3 Å². The summed E-state index contributed by atoms with van der Waals surface area (Å²) in [4.78, 5) is 38.7. The number of β-amino-alcohol motifs (C(OH)–C–C–N with tert-alkyl or cyclic N) is 1. The van der Waals surface area contributed by atoms with Crippen LogP contribution in [-0.4, -0.2) is 80.3 Å². The minimum Gasteiger partial charge on any atom is -0.493 e. The van der Waals surface area contributed by atoms with E-state index in [-0.39, 0.29) is 13.1 Å². The Labute approximate surface area is 208 Å². The summed E-state index contributed by atoms with van der Waals surface area (Å²) in [6.45, 7) is 4.09. The molecule has 4 N–H and O–H groups in total. The van der Waals surface area contributed by atoms with E-state index in [0.29, 0.717) is 40.5 Å². The molecule has 10 nitrogen and oxygen atoms in total. The lowest BCUT2D eigenvalue weighted by molar-refractivity contribution is -0.133. The number of ether oxygens (including phenoxy) is 1. The molecule has 0 spiro atoms. The van der Waals surface area contributed by atoms with Crippen LogP contribution in [0.3, 0.4) is 0 Å². The Morgan fingerprint density at radius 3 is 2.78 bits per heavy atom. The number of aliphatic hydroxyl groups is 2. The summed E-state index contributed by atoms with van der Waals surface area (Å²) in [6, 6.07) is 5.46. The predicted molar refractivity (Wildman–Crippen MR) is 133 cm³/mol. The van der Waals surface area contributed by atoms with Gasteiger partial charge < -0.3 is 30.2 Å². The van der Waals surface area contributed by atoms with Crippen molar-refractivity contribution in [3.05, 3.63) is 41.3 Å². The zero-order chi connectivity index (χ0) is 25.4. The molecule has 5 rings (SSSR count). The first-order chi connectivity index (χ1) is 17.4. The zero-order valence-electron chi connectivity index (χ0n) is 20.5. The molecule has 2 unspecified atom stereocenters.